The van der Waals surface area contributed by atoms with Gasteiger partial charge in [0.05, 0.1) is 12.6 Å². The van der Waals surface area contributed by atoms with E-state index in [4.69, 9.17) is 0 Å². The van der Waals surface area contributed by atoms with Crippen LogP contribution in [0.25, 0.3) is 0 Å². The molecule has 2 atom stereocenters. The summed E-state index contributed by atoms with van der Waals surface area (Å²) in [6.07, 6.45) is 1.64. The maximum atomic E-state index is 12.1. The first-order valence-corrected chi connectivity index (χ1v) is 7.64. The van der Waals surface area contributed by atoms with Crippen molar-refractivity contribution in [3.05, 3.63) is 21.9 Å². The molecule has 0 aliphatic carbocycles. The first-order valence-electron chi connectivity index (χ1n) is 6.82. The molecule has 5 heteroatoms. The Morgan fingerprint density at radius 3 is 3.05 bits per heavy atom. The second kappa shape index (κ2) is 6.39. The third kappa shape index (κ3) is 3.94. The minimum absolute atomic E-state index is 0.0172. The quantitative estimate of drug-likeness (QED) is 0.894. The van der Waals surface area contributed by atoms with Gasteiger partial charge in [-0.05, 0) is 38.8 Å². The molecule has 1 aliphatic rings. The number of hydrogen-bond donors (Lipinski definition) is 2. The van der Waals surface area contributed by atoms with Gasteiger partial charge in [-0.15, -0.1) is 11.3 Å². The van der Waals surface area contributed by atoms with Crippen molar-refractivity contribution in [1.29, 1.82) is 0 Å². The summed E-state index contributed by atoms with van der Waals surface area (Å²) in [5.41, 5.74) is 0. The van der Waals surface area contributed by atoms with Gasteiger partial charge in [-0.25, -0.2) is 4.79 Å². The number of piperidine rings is 1. The van der Waals surface area contributed by atoms with Crippen LogP contribution in [0.3, 0.4) is 0 Å². The van der Waals surface area contributed by atoms with Crippen molar-refractivity contribution in [2.24, 2.45) is 5.92 Å². The van der Waals surface area contributed by atoms with Gasteiger partial charge in [-0.1, -0.05) is 0 Å². The summed E-state index contributed by atoms with van der Waals surface area (Å²) in [6, 6.07) is 4.10. The predicted molar refractivity (Wildman–Crippen MR) is 77.3 cm³/mol. The monoisotopic (exact) mass is 282 g/mol. The van der Waals surface area contributed by atoms with Gasteiger partial charge < -0.3 is 15.3 Å². The fourth-order valence-corrected chi connectivity index (χ4v) is 3.27. The van der Waals surface area contributed by atoms with Crippen molar-refractivity contribution in [2.75, 3.05) is 13.1 Å². The number of nitrogens with one attached hydrogen (secondary N) is 1. The van der Waals surface area contributed by atoms with E-state index >= 15 is 0 Å². The van der Waals surface area contributed by atoms with Gasteiger partial charge in [-0.3, -0.25) is 0 Å². The van der Waals surface area contributed by atoms with Crippen LogP contribution in [0, 0.1) is 12.8 Å². The fraction of sp³-hybridized carbons (Fsp3) is 0.643. The zero-order chi connectivity index (χ0) is 13.8. The summed E-state index contributed by atoms with van der Waals surface area (Å²) in [5, 5.41) is 12.6. The van der Waals surface area contributed by atoms with E-state index in [1.165, 1.54) is 9.75 Å². The maximum absolute atomic E-state index is 12.1. The number of amides is 2. The molecule has 106 valence electrons. The molecular formula is C14H22N2O2S. The van der Waals surface area contributed by atoms with E-state index in [2.05, 4.69) is 24.4 Å². The lowest BCUT2D eigenvalue weighted by Gasteiger charge is -2.34. The Kier molecular flexibility index (Phi) is 4.82. The van der Waals surface area contributed by atoms with E-state index in [9.17, 15) is 9.90 Å². The van der Waals surface area contributed by atoms with Crippen LogP contribution in [0.4, 0.5) is 4.79 Å². The van der Waals surface area contributed by atoms with E-state index < -0.39 is 0 Å². The summed E-state index contributed by atoms with van der Waals surface area (Å²) in [7, 11) is 0. The highest BCUT2D eigenvalue weighted by Crippen LogP contribution is 2.20. The number of carbonyl (C=O) groups excluding carboxylic acids is 1. The van der Waals surface area contributed by atoms with Crippen LogP contribution in [0.2, 0.25) is 0 Å². The lowest BCUT2D eigenvalue weighted by molar-refractivity contribution is 0.0739. The highest BCUT2D eigenvalue weighted by atomic mass is 32.1. The Labute approximate surface area is 118 Å². The van der Waals surface area contributed by atoms with E-state index in [0.29, 0.717) is 13.1 Å². The van der Waals surface area contributed by atoms with Gasteiger partial charge in [0.25, 0.3) is 0 Å². The number of likely N-dealkylation sites (tertiary alicyclic amines) is 1. The zero-order valence-corrected chi connectivity index (χ0v) is 12.4. The predicted octanol–water partition coefficient (Wildman–Crippen LogP) is 2.36. The number of aliphatic hydroxyl groups excluding tert-OH is 1. The summed E-state index contributed by atoms with van der Waals surface area (Å²) in [4.78, 5) is 16.3. The molecule has 0 bridgehead atoms. The Morgan fingerprint density at radius 1 is 1.63 bits per heavy atom. The van der Waals surface area contributed by atoms with Crippen LogP contribution >= 0.6 is 11.3 Å². The number of rotatable bonds is 3. The molecule has 4 nitrogen and oxygen atoms in total. The Balaban J connectivity index is 1.82. The normalized spacial score (nSPS) is 21.2. The third-order valence-corrected chi connectivity index (χ3v) is 4.64. The standard InChI is InChI=1S/C14H22N2O2S/c1-10-5-6-13(19-10)8-15-14(18)16-7-3-4-12(9-16)11(2)17/h5-6,11-12,17H,3-4,7-9H2,1-2H3,(H,15,18). The molecule has 1 aromatic heterocycles. The molecule has 2 amide bonds. The first-order chi connectivity index (χ1) is 9.06. The minimum Gasteiger partial charge on any atom is -0.393 e. The van der Waals surface area contributed by atoms with Crippen molar-refractivity contribution >= 4 is 17.4 Å². The molecule has 2 N–H and O–H groups in total. The molecule has 1 saturated heterocycles. The average Bonchev–Trinajstić information content (AvgIpc) is 2.82. The molecule has 0 radical (unpaired) electrons. The Hall–Kier alpha value is -1.07. The largest absolute Gasteiger partial charge is 0.393 e. The number of nitrogens with zero attached hydrogens (tertiary/aromatic N) is 1. The van der Waals surface area contributed by atoms with Crippen LogP contribution in [0.5, 0.6) is 0 Å². The second-order valence-corrected chi connectivity index (χ2v) is 6.63. The summed E-state index contributed by atoms with van der Waals surface area (Å²) >= 11 is 1.71. The summed E-state index contributed by atoms with van der Waals surface area (Å²) < 4.78 is 0. The van der Waals surface area contributed by atoms with Crippen molar-refractivity contribution in [3.63, 3.8) is 0 Å². The fourth-order valence-electron chi connectivity index (χ4n) is 2.44. The Morgan fingerprint density at radius 2 is 2.42 bits per heavy atom. The number of urea groups is 1. The van der Waals surface area contributed by atoms with Gasteiger partial charge >= 0.3 is 6.03 Å². The van der Waals surface area contributed by atoms with Crippen LogP contribution in [-0.2, 0) is 6.54 Å². The van der Waals surface area contributed by atoms with E-state index in [1.54, 1.807) is 18.3 Å². The highest BCUT2D eigenvalue weighted by Gasteiger charge is 2.26. The van der Waals surface area contributed by atoms with Gasteiger partial charge in [0.2, 0.25) is 0 Å². The molecular weight excluding hydrogens is 260 g/mol. The van der Waals surface area contributed by atoms with Gasteiger partial charge in [0.15, 0.2) is 0 Å². The van der Waals surface area contributed by atoms with E-state index in [-0.39, 0.29) is 18.1 Å². The van der Waals surface area contributed by atoms with Crippen molar-refractivity contribution < 1.29 is 9.90 Å². The molecule has 19 heavy (non-hydrogen) atoms. The molecule has 1 aromatic rings. The lowest BCUT2D eigenvalue weighted by atomic mass is 9.94. The van der Waals surface area contributed by atoms with Gasteiger partial charge in [0, 0.05) is 28.8 Å². The van der Waals surface area contributed by atoms with E-state index in [0.717, 1.165) is 19.4 Å². The molecule has 0 saturated carbocycles. The number of hydrogen-bond acceptors (Lipinski definition) is 3. The smallest absolute Gasteiger partial charge is 0.317 e. The SMILES string of the molecule is Cc1ccc(CNC(=O)N2CCCC(C(C)O)C2)s1. The van der Waals surface area contributed by atoms with Crippen LogP contribution < -0.4 is 5.32 Å². The van der Waals surface area contributed by atoms with Crippen molar-refractivity contribution in [3.8, 4) is 0 Å². The van der Waals surface area contributed by atoms with Crippen LogP contribution in [0.1, 0.15) is 29.5 Å². The zero-order valence-electron chi connectivity index (χ0n) is 11.6. The number of aryl methyl sites for hydroxylation is 1. The average molecular weight is 282 g/mol. The number of carbonyl (C=O) groups is 1. The molecule has 1 aliphatic heterocycles. The minimum atomic E-state index is -0.337. The molecule has 2 heterocycles. The highest BCUT2D eigenvalue weighted by molar-refractivity contribution is 7.11. The van der Waals surface area contributed by atoms with Crippen LogP contribution in [0.15, 0.2) is 12.1 Å². The van der Waals surface area contributed by atoms with Gasteiger partial charge in [0.1, 0.15) is 0 Å². The number of thiophene rings is 1. The topological polar surface area (TPSA) is 52.6 Å². The molecule has 0 spiro atoms. The third-order valence-electron chi connectivity index (χ3n) is 3.64. The maximum Gasteiger partial charge on any atom is 0.317 e. The second-order valence-electron chi connectivity index (χ2n) is 5.26. The molecule has 1 fully saturated rings. The van der Waals surface area contributed by atoms with Crippen molar-refractivity contribution in [2.45, 2.75) is 39.3 Å². The van der Waals surface area contributed by atoms with Crippen LogP contribution in [-0.4, -0.2) is 35.2 Å². The molecule has 0 aromatic carbocycles. The lowest BCUT2D eigenvalue weighted by Crippen LogP contribution is -2.47. The summed E-state index contributed by atoms with van der Waals surface area (Å²) in [5.74, 6) is 0.212. The van der Waals surface area contributed by atoms with E-state index in [1.807, 2.05) is 4.90 Å². The molecule has 2 unspecified atom stereocenters. The summed E-state index contributed by atoms with van der Waals surface area (Å²) in [6.45, 7) is 5.91. The van der Waals surface area contributed by atoms with Crippen molar-refractivity contribution in [1.82, 2.24) is 10.2 Å². The Bertz CT molecular complexity index is 431. The molecule has 2 rings (SSSR count). The first kappa shape index (κ1) is 14.3. The van der Waals surface area contributed by atoms with Gasteiger partial charge in [-0.2, -0.15) is 0 Å². The number of aliphatic hydroxyl groups is 1.